The molecule has 0 fully saturated rings. The number of aliphatic hydroxyl groups is 1. The van der Waals surface area contributed by atoms with Gasteiger partial charge >= 0.3 is 0 Å². The highest BCUT2D eigenvalue weighted by Gasteiger charge is 2.12. The van der Waals surface area contributed by atoms with Crippen molar-refractivity contribution in [3.05, 3.63) is 64.7 Å². The first-order chi connectivity index (χ1) is 13.1. The first kappa shape index (κ1) is 19.4. The van der Waals surface area contributed by atoms with Gasteiger partial charge in [0.05, 0.1) is 19.2 Å². The molecule has 1 aromatic heterocycles. The Morgan fingerprint density at radius 2 is 1.96 bits per heavy atom. The smallest absolute Gasteiger partial charge is 0.218 e. The zero-order chi connectivity index (χ0) is 19.2. The molecule has 1 unspecified atom stereocenters. The van der Waals surface area contributed by atoms with Gasteiger partial charge in [0.1, 0.15) is 12.4 Å². The number of aromatic nitrogens is 1. The van der Waals surface area contributed by atoms with Crippen LogP contribution in [-0.4, -0.2) is 29.8 Å². The third kappa shape index (κ3) is 4.89. The van der Waals surface area contributed by atoms with Crippen LogP contribution in [0.5, 0.6) is 11.6 Å². The Labute approximate surface area is 163 Å². The molecule has 1 heterocycles. The van der Waals surface area contributed by atoms with Gasteiger partial charge in [0, 0.05) is 40.2 Å². The largest absolute Gasteiger partial charge is 0.497 e. The second kappa shape index (κ2) is 9.04. The molecule has 0 spiro atoms. The average molecular weight is 387 g/mol. The van der Waals surface area contributed by atoms with E-state index in [4.69, 9.17) is 21.1 Å². The highest BCUT2D eigenvalue weighted by molar-refractivity contribution is 6.31. The second-order valence-electron chi connectivity index (χ2n) is 6.36. The Kier molecular flexibility index (Phi) is 6.50. The van der Waals surface area contributed by atoms with E-state index in [0.717, 1.165) is 27.8 Å². The van der Waals surface area contributed by atoms with Gasteiger partial charge in [-0.05, 0) is 31.2 Å². The third-order valence-electron chi connectivity index (χ3n) is 4.30. The van der Waals surface area contributed by atoms with E-state index >= 15 is 0 Å². The monoisotopic (exact) mass is 386 g/mol. The fraction of sp³-hybridized carbons (Fsp3) is 0.286. The van der Waals surface area contributed by atoms with Crippen LogP contribution < -0.4 is 14.8 Å². The summed E-state index contributed by atoms with van der Waals surface area (Å²) in [5.41, 5.74) is 2.61. The maximum atomic E-state index is 9.26. The van der Waals surface area contributed by atoms with E-state index in [1.54, 1.807) is 7.11 Å². The molecule has 0 bridgehead atoms. The summed E-state index contributed by atoms with van der Waals surface area (Å²) < 4.78 is 11.3. The van der Waals surface area contributed by atoms with Gasteiger partial charge < -0.3 is 19.9 Å². The average Bonchev–Trinajstić information content (AvgIpc) is 2.70. The van der Waals surface area contributed by atoms with Crippen molar-refractivity contribution >= 4 is 22.5 Å². The molecule has 0 saturated carbocycles. The molecule has 5 nitrogen and oxygen atoms in total. The van der Waals surface area contributed by atoms with E-state index in [-0.39, 0.29) is 12.6 Å². The summed E-state index contributed by atoms with van der Waals surface area (Å²) in [5.74, 6) is 1.28. The molecule has 2 aromatic carbocycles. The molecule has 142 valence electrons. The van der Waals surface area contributed by atoms with Gasteiger partial charge in [-0.2, -0.15) is 0 Å². The van der Waals surface area contributed by atoms with Crippen molar-refractivity contribution in [2.75, 3.05) is 13.7 Å². The molecule has 27 heavy (non-hydrogen) atoms. The Hall–Kier alpha value is -2.34. The van der Waals surface area contributed by atoms with Crippen molar-refractivity contribution in [3.63, 3.8) is 0 Å². The number of hydrogen-bond acceptors (Lipinski definition) is 5. The fourth-order valence-corrected chi connectivity index (χ4v) is 2.85. The molecule has 0 aliphatic rings. The number of methoxy groups -OCH3 is 1. The van der Waals surface area contributed by atoms with Gasteiger partial charge in [0.2, 0.25) is 5.88 Å². The van der Waals surface area contributed by atoms with Crippen LogP contribution in [0.4, 0.5) is 0 Å². The van der Waals surface area contributed by atoms with Crippen LogP contribution in [0, 0.1) is 0 Å². The van der Waals surface area contributed by atoms with Crippen molar-refractivity contribution in [1.29, 1.82) is 0 Å². The molecule has 0 radical (unpaired) electrons. The van der Waals surface area contributed by atoms with E-state index in [2.05, 4.69) is 10.3 Å². The van der Waals surface area contributed by atoms with E-state index in [1.165, 1.54) is 0 Å². The van der Waals surface area contributed by atoms with Gasteiger partial charge in [-0.3, -0.25) is 0 Å². The van der Waals surface area contributed by atoms with Crippen LogP contribution >= 0.6 is 11.6 Å². The molecule has 3 aromatic rings. The normalized spacial score (nSPS) is 12.1. The predicted molar refractivity (Wildman–Crippen MR) is 107 cm³/mol. The summed E-state index contributed by atoms with van der Waals surface area (Å²) >= 11 is 6.23. The van der Waals surface area contributed by atoms with Crippen LogP contribution in [0.25, 0.3) is 10.9 Å². The number of pyridine rings is 1. The summed E-state index contributed by atoms with van der Waals surface area (Å²) in [4.78, 5) is 4.68. The van der Waals surface area contributed by atoms with Gasteiger partial charge in [-0.15, -0.1) is 0 Å². The number of nitrogens with one attached hydrogen (secondary N) is 1. The molecule has 0 aliphatic heterocycles. The van der Waals surface area contributed by atoms with Crippen LogP contribution in [0.15, 0.2) is 48.5 Å². The molecule has 0 aliphatic carbocycles. The predicted octanol–water partition coefficient (Wildman–Crippen LogP) is 3.95. The van der Waals surface area contributed by atoms with Gasteiger partial charge in [-0.1, -0.05) is 29.8 Å². The number of halogens is 1. The Bertz CT molecular complexity index is 917. The topological polar surface area (TPSA) is 63.6 Å². The molecule has 2 N–H and O–H groups in total. The number of ether oxygens (including phenoxy) is 2. The Morgan fingerprint density at radius 1 is 1.15 bits per heavy atom. The highest BCUT2D eigenvalue weighted by Crippen LogP contribution is 2.27. The number of rotatable bonds is 8. The lowest BCUT2D eigenvalue weighted by atomic mass is 10.1. The van der Waals surface area contributed by atoms with Gasteiger partial charge in [0.15, 0.2) is 0 Å². The SMILES string of the molecule is COc1ccc2cc(CNC(C)CO)c(OCc3ccccc3Cl)nc2c1. The molecule has 0 amide bonds. The first-order valence-corrected chi connectivity index (χ1v) is 9.16. The van der Waals surface area contributed by atoms with Crippen molar-refractivity contribution < 1.29 is 14.6 Å². The first-order valence-electron chi connectivity index (χ1n) is 8.79. The molecular weight excluding hydrogens is 364 g/mol. The molecular formula is C21H23ClN2O3. The van der Waals surface area contributed by atoms with Crippen molar-refractivity contribution in [2.45, 2.75) is 26.1 Å². The van der Waals surface area contributed by atoms with Crippen molar-refractivity contribution in [2.24, 2.45) is 0 Å². The zero-order valence-electron chi connectivity index (χ0n) is 15.4. The summed E-state index contributed by atoms with van der Waals surface area (Å²) in [5, 5.41) is 14.2. The second-order valence-corrected chi connectivity index (χ2v) is 6.76. The molecule has 3 rings (SSSR count). The fourth-order valence-electron chi connectivity index (χ4n) is 2.66. The Balaban J connectivity index is 1.91. The van der Waals surface area contributed by atoms with E-state index < -0.39 is 0 Å². The summed E-state index contributed by atoms with van der Waals surface area (Å²) in [6, 6.07) is 15.4. The van der Waals surface area contributed by atoms with E-state index in [1.807, 2.05) is 55.5 Å². The zero-order valence-corrected chi connectivity index (χ0v) is 16.2. The van der Waals surface area contributed by atoms with Crippen LogP contribution in [0.3, 0.4) is 0 Å². The van der Waals surface area contributed by atoms with Gasteiger partial charge in [-0.25, -0.2) is 4.98 Å². The van der Waals surface area contributed by atoms with E-state index in [9.17, 15) is 5.11 Å². The molecule has 0 saturated heterocycles. The standard InChI is InChI=1S/C21H23ClN2O3/c1-14(12-25)23-11-17-9-15-7-8-18(26-2)10-20(15)24-21(17)27-13-16-5-3-4-6-19(16)22/h3-10,14,23,25H,11-13H2,1-2H3. The van der Waals surface area contributed by atoms with Crippen LogP contribution in [-0.2, 0) is 13.2 Å². The molecule has 6 heteroatoms. The summed E-state index contributed by atoms with van der Waals surface area (Å²) in [6.45, 7) is 2.84. The highest BCUT2D eigenvalue weighted by atomic mass is 35.5. The number of nitrogens with zero attached hydrogens (tertiary/aromatic N) is 1. The quantitative estimate of drug-likeness (QED) is 0.613. The minimum atomic E-state index is -0.0204. The number of hydrogen-bond donors (Lipinski definition) is 2. The number of benzene rings is 2. The van der Waals surface area contributed by atoms with Crippen LogP contribution in [0.2, 0.25) is 5.02 Å². The lowest BCUT2D eigenvalue weighted by Gasteiger charge is -2.15. The van der Waals surface area contributed by atoms with Crippen molar-refractivity contribution in [3.8, 4) is 11.6 Å². The van der Waals surface area contributed by atoms with E-state index in [0.29, 0.717) is 24.1 Å². The summed E-state index contributed by atoms with van der Waals surface area (Å²) in [7, 11) is 1.63. The van der Waals surface area contributed by atoms with Crippen LogP contribution in [0.1, 0.15) is 18.1 Å². The summed E-state index contributed by atoms with van der Waals surface area (Å²) in [6.07, 6.45) is 0. The maximum absolute atomic E-state index is 9.26. The third-order valence-corrected chi connectivity index (χ3v) is 4.67. The Morgan fingerprint density at radius 3 is 2.70 bits per heavy atom. The van der Waals surface area contributed by atoms with Gasteiger partial charge in [0.25, 0.3) is 0 Å². The number of fused-ring (bicyclic) bond motifs is 1. The molecule has 1 atom stereocenters. The number of aliphatic hydroxyl groups excluding tert-OH is 1. The minimum Gasteiger partial charge on any atom is -0.497 e. The van der Waals surface area contributed by atoms with Crippen molar-refractivity contribution in [1.82, 2.24) is 10.3 Å². The minimum absolute atomic E-state index is 0.0204. The lowest BCUT2D eigenvalue weighted by Crippen LogP contribution is -2.28. The lowest BCUT2D eigenvalue weighted by molar-refractivity contribution is 0.249. The maximum Gasteiger partial charge on any atom is 0.218 e.